The average Bonchev–Trinajstić information content (AvgIpc) is 2.47. The Morgan fingerprint density at radius 1 is 1.16 bits per heavy atom. The summed E-state index contributed by atoms with van der Waals surface area (Å²) in [5, 5.41) is 2.95. The first-order chi connectivity index (χ1) is 9.24. The van der Waals surface area contributed by atoms with Gasteiger partial charge in [0, 0.05) is 16.9 Å². The lowest BCUT2D eigenvalue weighted by atomic mass is 9.84. The van der Waals surface area contributed by atoms with Crippen molar-refractivity contribution in [2.24, 2.45) is 5.92 Å². The molecule has 1 aromatic rings. The van der Waals surface area contributed by atoms with Gasteiger partial charge < -0.3 is 5.32 Å². The average molecular weight is 322 g/mol. The fraction of sp³-hybridized carbons (Fsp3) is 0.562. The molecule has 1 atom stereocenters. The number of amides is 1. The van der Waals surface area contributed by atoms with Crippen molar-refractivity contribution in [2.45, 2.75) is 49.8 Å². The Hall–Kier alpha value is -0.830. The molecule has 1 N–H and O–H groups in total. The highest BCUT2D eigenvalue weighted by Gasteiger charge is 2.24. The predicted molar refractivity (Wildman–Crippen MR) is 81.6 cm³/mol. The second kappa shape index (κ2) is 5.66. The summed E-state index contributed by atoms with van der Waals surface area (Å²) in [6.45, 7) is 0. The summed E-state index contributed by atoms with van der Waals surface area (Å²) in [4.78, 5) is 11.8. The maximum Gasteiger partial charge on any atom is 0.224 e. The monoisotopic (exact) mass is 321 g/mol. The van der Waals surface area contributed by atoms with Crippen molar-refractivity contribution in [1.82, 2.24) is 0 Å². The van der Waals surface area contributed by atoms with Gasteiger partial charge in [-0.05, 0) is 42.4 Å². The highest BCUT2D eigenvalue weighted by atomic mass is 79.9. The number of anilines is 1. The predicted octanol–water partition coefficient (Wildman–Crippen LogP) is 4.59. The summed E-state index contributed by atoms with van der Waals surface area (Å²) >= 11 is 3.90. The molecule has 2 nitrogen and oxygen atoms in total. The van der Waals surface area contributed by atoms with Gasteiger partial charge in [0.25, 0.3) is 0 Å². The molecule has 1 fully saturated rings. The molecule has 0 bridgehead atoms. The SMILES string of the molecule is O=C1CCc2cc(C(Br)C3CCCCC3)ccc2N1. The van der Waals surface area contributed by atoms with Crippen LogP contribution >= 0.6 is 15.9 Å². The van der Waals surface area contributed by atoms with Crippen LogP contribution < -0.4 is 5.32 Å². The minimum absolute atomic E-state index is 0.142. The van der Waals surface area contributed by atoms with Crippen LogP contribution in [0.2, 0.25) is 0 Å². The van der Waals surface area contributed by atoms with E-state index in [9.17, 15) is 4.79 Å². The molecule has 0 aromatic heterocycles. The van der Waals surface area contributed by atoms with Gasteiger partial charge in [-0.3, -0.25) is 4.79 Å². The number of fused-ring (bicyclic) bond motifs is 1. The standard InChI is InChI=1S/C16H20BrNO/c17-16(11-4-2-1-3-5-11)13-6-8-14-12(10-13)7-9-15(19)18-14/h6,8,10-11,16H,1-5,7,9H2,(H,18,19). The lowest BCUT2D eigenvalue weighted by molar-refractivity contribution is -0.116. The number of benzene rings is 1. The van der Waals surface area contributed by atoms with Gasteiger partial charge in [0.2, 0.25) is 5.91 Å². The number of hydrogen-bond donors (Lipinski definition) is 1. The van der Waals surface area contributed by atoms with Crippen LogP contribution in [0.1, 0.15) is 54.5 Å². The van der Waals surface area contributed by atoms with Crippen LogP contribution in [0, 0.1) is 5.92 Å². The molecule has 102 valence electrons. The number of hydrogen-bond acceptors (Lipinski definition) is 1. The summed E-state index contributed by atoms with van der Waals surface area (Å²) < 4.78 is 0. The smallest absolute Gasteiger partial charge is 0.224 e. The van der Waals surface area contributed by atoms with E-state index in [1.165, 1.54) is 43.2 Å². The number of aryl methyl sites for hydroxylation is 1. The second-order valence-corrected chi connectivity index (χ2v) is 6.75. The number of nitrogens with one attached hydrogen (secondary N) is 1. The van der Waals surface area contributed by atoms with Crippen molar-refractivity contribution in [1.29, 1.82) is 0 Å². The lowest BCUT2D eigenvalue weighted by Crippen LogP contribution is -2.19. The topological polar surface area (TPSA) is 29.1 Å². The summed E-state index contributed by atoms with van der Waals surface area (Å²) in [5.74, 6) is 0.910. The van der Waals surface area contributed by atoms with Crippen LogP contribution in [0.25, 0.3) is 0 Å². The Balaban J connectivity index is 1.79. The molecule has 1 unspecified atom stereocenters. The number of halogens is 1. The molecule has 1 amide bonds. The summed E-state index contributed by atoms with van der Waals surface area (Å²) in [7, 11) is 0. The third-order valence-electron chi connectivity index (χ3n) is 4.41. The third kappa shape index (κ3) is 2.86. The number of rotatable bonds is 2. The van der Waals surface area contributed by atoms with E-state index in [-0.39, 0.29) is 5.91 Å². The quantitative estimate of drug-likeness (QED) is 0.793. The zero-order chi connectivity index (χ0) is 13.2. The van der Waals surface area contributed by atoms with Gasteiger partial charge in [-0.1, -0.05) is 47.3 Å². The van der Waals surface area contributed by atoms with Crippen LogP contribution in [-0.4, -0.2) is 5.91 Å². The molecule has 0 spiro atoms. The largest absolute Gasteiger partial charge is 0.326 e. The van der Waals surface area contributed by atoms with E-state index in [4.69, 9.17) is 0 Å². The number of alkyl halides is 1. The van der Waals surface area contributed by atoms with Crippen LogP contribution in [-0.2, 0) is 11.2 Å². The highest BCUT2D eigenvalue weighted by Crippen LogP contribution is 2.41. The zero-order valence-corrected chi connectivity index (χ0v) is 12.7. The van der Waals surface area contributed by atoms with Gasteiger partial charge >= 0.3 is 0 Å². The first kappa shape index (κ1) is 13.2. The van der Waals surface area contributed by atoms with Crippen molar-refractivity contribution >= 4 is 27.5 Å². The molecule has 1 aromatic carbocycles. The van der Waals surface area contributed by atoms with Crippen LogP contribution in [0.5, 0.6) is 0 Å². The van der Waals surface area contributed by atoms with Gasteiger partial charge in [-0.2, -0.15) is 0 Å². The molecule has 1 heterocycles. The summed E-state index contributed by atoms with van der Waals surface area (Å²) in [5.41, 5.74) is 3.67. The van der Waals surface area contributed by atoms with Crippen LogP contribution in [0.15, 0.2) is 18.2 Å². The minimum atomic E-state index is 0.142. The van der Waals surface area contributed by atoms with Crippen molar-refractivity contribution in [3.05, 3.63) is 29.3 Å². The fourth-order valence-electron chi connectivity index (χ4n) is 3.27. The van der Waals surface area contributed by atoms with Crippen LogP contribution in [0.3, 0.4) is 0 Å². The Morgan fingerprint density at radius 2 is 1.95 bits per heavy atom. The Kier molecular flexibility index (Phi) is 3.92. The molecule has 1 saturated carbocycles. The maximum absolute atomic E-state index is 11.4. The molecule has 19 heavy (non-hydrogen) atoms. The van der Waals surface area contributed by atoms with E-state index in [1.807, 2.05) is 0 Å². The van der Waals surface area contributed by atoms with Crippen molar-refractivity contribution in [2.75, 3.05) is 5.32 Å². The van der Waals surface area contributed by atoms with E-state index < -0.39 is 0 Å². The van der Waals surface area contributed by atoms with E-state index in [1.54, 1.807) is 0 Å². The van der Waals surface area contributed by atoms with Crippen molar-refractivity contribution in [3.63, 3.8) is 0 Å². The van der Waals surface area contributed by atoms with E-state index in [2.05, 4.69) is 39.4 Å². The second-order valence-electron chi connectivity index (χ2n) is 5.76. The number of carbonyl (C=O) groups excluding carboxylic acids is 1. The van der Waals surface area contributed by atoms with Gasteiger partial charge in [0.15, 0.2) is 0 Å². The molecular formula is C16H20BrNO. The summed E-state index contributed by atoms with van der Waals surface area (Å²) in [6, 6.07) is 6.51. The third-order valence-corrected chi connectivity index (χ3v) is 5.68. The first-order valence-electron chi connectivity index (χ1n) is 7.31. The Morgan fingerprint density at radius 3 is 2.74 bits per heavy atom. The normalized spacial score (nSPS) is 21.6. The molecule has 3 heteroatoms. The van der Waals surface area contributed by atoms with E-state index in [0.29, 0.717) is 11.2 Å². The van der Waals surface area contributed by atoms with E-state index >= 15 is 0 Å². The Bertz CT molecular complexity index is 480. The van der Waals surface area contributed by atoms with Crippen molar-refractivity contribution < 1.29 is 4.79 Å². The van der Waals surface area contributed by atoms with Crippen molar-refractivity contribution in [3.8, 4) is 0 Å². The molecule has 0 radical (unpaired) electrons. The minimum Gasteiger partial charge on any atom is -0.326 e. The molecule has 1 aliphatic heterocycles. The molecule has 1 aliphatic carbocycles. The van der Waals surface area contributed by atoms with Crippen LogP contribution in [0.4, 0.5) is 5.69 Å². The van der Waals surface area contributed by atoms with Gasteiger partial charge in [-0.15, -0.1) is 0 Å². The zero-order valence-electron chi connectivity index (χ0n) is 11.1. The van der Waals surface area contributed by atoms with E-state index in [0.717, 1.165) is 18.0 Å². The van der Waals surface area contributed by atoms with Gasteiger partial charge in [0.1, 0.15) is 0 Å². The summed E-state index contributed by atoms with van der Waals surface area (Å²) in [6.07, 6.45) is 8.30. The molecule has 2 aliphatic rings. The highest BCUT2D eigenvalue weighted by molar-refractivity contribution is 9.09. The molecule has 0 saturated heterocycles. The van der Waals surface area contributed by atoms with Gasteiger partial charge in [-0.25, -0.2) is 0 Å². The first-order valence-corrected chi connectivity index (χ1v) is 8.22. The molecular weight excluding hydrogens is 302 g/mol. The Labute approximate surface area is 123 Å². The molecule has 3 rings (SSSR count). The number of carbonyl (C=O) groups is 1. The van der Waals surface area contributed by atoms with Gasteiger partial charge in [0.05, 0.1) is 0 Å². The lowest BCUT2D eigenvalue weighted by Gasteiger charge is -2.27. The maximum atomic E-state index is 11.4. The fourth-order valence-corrected chi connectivity index (χ4v) is 4.09.